The highest BCUT2D eigenvalue weighted by Crippen LogP contribution is 2.23. The third-order valence-electron chi connectivity index (χ3n) is 8.79. The van der Waals surface area contributed by atoms with Crippen LogP contribution in [-0.2, 0) is 27.2 Å². The van der Waals surface area contributed by atoms with Gasteiger partial charge in [-0.1, -0.05) is 92.7 Å². The van der Waals surface area contributed by atoms with E-state index in [0.717, 1.165) is 28.7 Å². The molecule has 1 fully saturated rings. The Morgan fingerprint density at radius 2 is 1.53 bits per heavy atom. The number of hydrogen-bond acceptors (Lipinski definition) is 6. The summed E-state index contributed by atoms with van der Waals surface area (Å²) in [6, 6.07) is 24.4. The van der Waals surface area contributed by atoms with Crippen molar-refractivity contribution in [1.29, 1.82) is 0 Å². The Hall–Kier alpha value is -4.02. The van der Waals surface area contributed by atoms with Crippen molar-refractivity contribution in [1.82, 2.24) is 20.9 Å². The van der Waals surface area contributed by atoms with Crippen molar-refractivity contribution < 1.29 is 23.9 Å². The molecule has 0 aliphatic carbocycles. The van der Waals surface area contributed by atoms with Crippen LogP contribution in [0.1, 0.15) is 48.9 Å². The summed E-state index contributed by atoms with van der Waals surface area (Å²) in [7, 11) is 0. The standard InChI is InChI=1S/C39H52N4O5S/c1-27(2)36(43-21-13-20-40-39(43)46)38(45)41-32(22-30-16-8-6-9-17-30)24-34(48-26-49-5)33(23-31-18-10-7-11-19-31)42-35(44)25-47-37-28(3)14-12-15-29(37)4/h6-12,14-19,27,32-34,36H,13,20-26H2,1-5H3,(H,40,46)(H,41,45)(H,42,44)/t32-,33-,34-,36-/m0/s1. The molecule has 3 aromatic rings. The fourth-order valence-corrected chi connectivity index (χ4v) is 6.75. The highest BCUT2D eigenvalue weighted by atomic mass is 32.2. The molecule has 49 heavy (non-hydrogen) atoms. The minimum absolute atomic E-state index is 0.0910. The van der Waals surface area contributed by atoms with E-state index in [9.17, 15) is 14.4 Å². The first kappa shape index (κ1) is 37.8. The summed E-state index contributed by atoms with van der Waals surface area (Å²) in [6.45, 7) is 8.87. The Balaban J connectivity index is 1.60. The molecular weight excluding hydrogens is 637 g/mol. The Labute approximate surface area is 295 Å². The molecule has 10 heteroatoms. The lowest BCUT2D eigenvalue weighted by molar-refractivity contribution is -0.128. The molecule has 4 rings (SSSR count). The number of carbonyl (C=O) groups excluding carboxylic acids is 3. The number of nitrogens with one attached hydrogen (secondary N) is 3. The average molecular weight is 689 g/mol. The molecule has 0 aromatic heterocycles. The third-order valence-corrected chi connectivity index (χ3v) is 9.16. The number of urea groups is 1. The summed E-state index contributed by atoms with van der Waals surface area (Å²) in [6.07, 6.45) is 3.85. The fraction of sp³-hybridized carbons (Fsp3) is 0.462. The molecule has 4 amide bonds. The molecular formula is C39H52N4O5S. The second-order valence-electron chi connectivity index (χ2n) is 13.1. The monoisotopic (exact) mass is 688 g/mol. The van der Waals surface area contributed by atoms with Crippen LogP contribution in [0.25, 0.3) is 0 Å². The summed E-state index contributed by atoms with van der Waals surface area (Å²) in [5.74, 6) is 0.592. The topological polar surface area (TPSA) is 109 Å². The van der Waals surface area contributed by atoms with Crippen molar-refractivity contribution in [3.63, 3.8) is 0 Å². The van der Waals surface area contributed by atoms with Crippen LogP contribution in [0, 0.1) is 19.8 Å². The van der Waals surface area contributed by atoms with Gasteiger partial charge in [-0.25, -0.2) is 4.79 Å². The van der Waals surface area contributed by atoms with Crippen LogP contribution < -0.4 is 20.7 Å². The van der Waals surface area contributed by atoms with Crippen LogP contribution in [0.4, 0.5) is 4.79 Å². The van der Waals surface area contributed by atoms with Gasteiger partial charge in [0.15, 0.2) is 6.61 Å². The SMILES string of the molecule is CSCO[C@@H](C[C@H](Cc1ccccc1)NC(=O)[C@H](C(C)C)N1CCCNC1=O)[C@H](Cc1ccccc1)NC(=O)COc1c(C)cccc1C. The summed E-state index contributed by atoms with van der Waals surface area (Å²) in [4.78, 5) is 42.1. The minimum atomic E-state index is -0.619. The molecule has 3 aromatic carbocycles. The van der Waals surface area contributed by atoms with Crippen LogP contribution in [0.15, 0.2) is 78.9 Å². The van der Waals surface area contributed by atoms with Crippen LogP contribution in [0.2, 0.25) is 0 Å². The van der Waals surface area contributed by atoms with Gasteiger partial charge in [-0.15, -0.1) is 11.8 Å². The van der Waals surface area contributed by atoms with Gasteiger partial charge in [0.05, 0.1) is 18.1 Å². The number of rotatable bonds is 18. The van der Waals surface area contributed by atoms with E-state index in [-0.39, 0.29) is 36.4 Å². The van der Waals surface area contributed by atoms with Gasteiger partial charge in [0.2, 0.25) is 5.91 Å². The number of amides is 4. The lowest BCUT2D eigenvalue weighted by Gasteiger charge is -2.37. The molecule has 0 spiro atoms. The molecule has 1 saturated heterocycles. The van der Waals surface area contributed by atoms with Gasteiger partial charge in [0.1, 0.15) is 11.8 Å². The zero-order valence-electron chi connectivity index (χ0n) is 29.4. The quantitative estimate of drug-likeness (QED) is 0.149. The van der Waals surface area contributed by atoms with Gasteiger partial charge in [-0.2, -0.15) is 0 Å². The van der Waals surface area contributed by atoms with Crippen molar-refractivity contribution in [3.05, 3.63) is 101 Å². The smallest absolute Gasteiger partial charge is 0.318 e. The number of hydrogen-bond donors (Lipinski definition) is 3. The molecule has 0 unspecified atom stereocenters. The lowest BCUT2D eigenvalue weighted by Crippen LogP contribution is -2.59. The molecule has 3 N–H and O–H groups in total. The first-order chi connectivity index (χ1) is 23.7. The molecule has 0 saturated carbocycles. The van der Waals surface area contributed by atoms with E-state index in [4.69, 9.17) is 9.47 Å². The predicted octanol–water partition coefficient (Wildman–Crippen LogP) is 5.67. The van der Waals surface area contributed by atoms with Gasteiger partial charge < -0.3 is 30.3 Å². The fourth-order valence-electron chi connectivity index (χ4n) is 6.44. The molecule has 4 atom stereocenters. The van der Waals surface area contributed by atoms with E-state index >= 15 is 0 Å². The summed E-state index contributed by atoms with van der Waals surface area (Å²) < 4.78 is 12.5. The first-order valence-electron chi connectivity index (χ1n) is 17.2. The largest absolute Gasteiger partial charge is 0.483 e. The van der Waals surface area contributed by atoms with Crippen LogP contribution in [-0.4, -0.2) is 78.9 Å². The van der Waals surface area contributed by atoms with E-state index < -0.39 is 18.2 Å². The summed E-state index contributed by atoms with van der Waals surface area (Å²) >= 11 is 1.56. The average Bonchev–Trinajstić information content (AvgIpc) is 3.08. The molecule has 0 radical (unpaired) electrons. The van der Waals surface area contributed by atoms with Crippen molar-refractivity contribution in [2.75, 3.05) is 31.9 Å². The molecule has 0 bridgehead atoms. The number of thioether (sulfide) groups is 1. The van der Waals surface area contributed by atoms with Crippen molar-refractivity contribution in [3.8, 4) is 5.75 Å². The second-order valence-corrected chi connectivity index (χ2v) is 13.9. The number of benzene rings is 3. The van der Waals surface area contributed by atoms with E-state index in [1.807, 2.05) is 113 Å². The zero-order chi connectivity index (χ0) is 35.2. The van der Waals surface area contributed by atoms with Gasteiger partial charge in [-0.3, -0.25) is 9.59 Å². The van der Waals surface area contributed by atoms with Crippen LogP contribution in [0.3, 0.4) is 0 Å². The lowest BCUT2D eigenvalue weighted by atomic mass is 9.92. The van der Waals surface area contributed by atoms with Crippen molar-refractivity contribution in [2.24, 2.45) is 5.92 Å². The Morgan fingerprint density at radius 1 is 0.898 bits per heavy atom. The Kier molecular flexibility index (Phi) is 14.8. The number of ether oxygens (including phenoxy) is 2. The van der Waals surface area contributed by atoms with Crippen LogP contribution >= 0.6 is 11.8 Å². The predicted molar refractivity (Wildman–Crippen MR) is 197 cm³/mol. The zero-order valence-corrected chi connectivity index (χ0v) is 30.3. The number of carbonyl (C=O) groups is 3. The molecule has 9 nitrogen and oxygen atoms in total. The van der Waals surface area contributed by atoms with E-state index in [1.54, 1.807) is 16.7 Å². The summed E-state index contributed by atoms with van der Waals surface area (Å²) in [5, 5.41) is 9.44. The van der Waals surface area contributed by atoms with Gasteiger partial charge >= 0.3 is 6.03 Å². The van der Waals surface area contributed by atoms with Crippen LogP contribution in [0.5, 0.6) is 5.75 Å². The minimum Gasteiger partial charge on any atom is -0.483 e. The number of aryl methyl sites for hydroxylation is 2. The van der Waals surface area contributed by atoms with Gasteiger partial charge in [-0.05, 0) is 74.0 Å². The van der Waals surface area contributed by atoms with Crippen molar-refractivity contribution in [2.45, 2.75) is 77.6 Å². The normalized spacial score (nSPS) is 15.6. The van der Waals surface area contributed by atoms with E-state index in [1.165, 1.54) is 0 Å². The maximum absolute atomic E-state index is 14.1. The molecule has 1 aliphatic rings. The van der Waals surface area contributed by atoms with E-state index in [0.29, 0.717) is 44.0 Å². The molecule has 264 valence electrons. The highest BCUT2D eigenvalue weighted by Gasteiger charge is 2.36. The first-order valence-corrected chi connectivity index (χ1v) is 18.6. The number of para-hydroxylation sites is 1. The maximum Gasteiger partial charge on any atom is 0.318 e. The number of nitrogens with zero attached hydrogens (tertiary/aromatic N) is 1. The van der Waals surface area contributed by atoms with Gasteiger partial charge in [0, 0.05) is 19.1 Å². The van der Waals surface area contributed by atoms with E-state index in [2.05, 4.69) is 16.0 Å². The third kappa shape index (κ3) is 11.5. The second kappa shape index (κ2) is 19.2. The maximum atomic E-state index is 14.1. The molecule has 1 aliphatic heterocycles. The molecule has 1 heterocycles. The summed E-state index contributed by atoms with van der Waals surface area (Å²) in [5.41, 5.74) is 4.06. The van der Waals surface area contributed by atoms with Crippen molar-refractivity contribution >= 4 is 29.6 Å². The highest BCUT2D eigenvalue weighted by molar-refractivity contribution is 7.98. The Bertz CT molecular complexity index is 1470. The Morgan fingerprint density at radius 3 is 2.12 bits per heavy atom. The van der Waals surface area contributed by atoms with Gasteiger partial charge in [0.25, 0.3) is 5.91 Å².